The molecule has 0 amide bonds. The van der Waals surface area contributed by atoms with Crippen molar-refractivity contribution in [3.63, 3.8) is 0 Å². The van der Waals surface area contributed by atoms with Gasteiger partial charge in [-0.1, -0.05) is 6.42 Å². The van der Waals surface area contributed by atoms with Crippen LogP contribution in [0.25, 0.3) is 0 Å². The van der Waals surface area contributed by atoms with Crippen molar-refractivity contribution in [3.8, 4) is 0 Å². The van der Waals surface area contributed by atoms with E-state index in [1.54, 1.807) is 0 Å². The van der Waals surface area contributed by atoms with Crippen LogP contribution in [0.1, 0.15) is 41.7 Å². The molecule has 3 saturated carbocycles. The van der Waals surface area contributed by atoms with Crippen LogP contribution in [0, 0.1) is 23.7 Å². The second kappa shape index (κ2) is 1.98. The fourth-order valence-corrected chi connectivity index (χ4v) is 4.56. The van der Waals surface area contributed by atoms with Crippen LogP contribution in [0.3, 0.4) is 0 Å². The van der Waals surface area contributed by atoms with E-state index in [-0.39, 0.29) is 12.0 Å². The van der Waals surface area contributed by atoms with Crippen molar-refractivity contribution in [1.82, 2.24) is 0 Å². The molecule has 1 heteroatoms. The summed E-state index contributed by atoms with van der Waals surface area (Å²) in [5, 5.41) is 0. The average Bonchev–Trinajstić information content (AvgIpc) is 2.63. The van der Waals surface area contributed by atoms with Crippen molar-refractivity contribution in [1.29, 1.82) is 0 Å². The van der Waals surface area contributed by atoms with Crippen molar-refractivity contribution in [2.75, 3.05) is 0 Å². The topological polar surface area (TPSA) is 9.23 Å². The molecular weight excluding hydrogens is 160 g/mol. The molecule has 3 aliphatic carbocycles. The van der Waals surface area contributed by atoms with E-state index in [0.29, 0.717) is 36.7 Å². The molecule has 0 radical (unpaired) electrons. The lowest BCUT2D eigenvalue weighted by atomic mass is 9.65. The summed E-state index contributed by atoms with van der Waals surface area (Å²) in [6.07, 6.45) is 5.45. The molecule has 7 unspecified atom stereocenters. The Hall–Kier alpha value is -0.0400. The van der Waals surface area contributed by atoms with Gasteiger partial charge in [0.2, 0.25) is 0 Å². The van der Waals surface area contributed by atoms with Gasteiger partial charge in [0, 0.05) is 2.74 Å². The predicted octanol–water partition coefficient (Wildman–Crippen LogP) is 2.60. The zero-order valence-corrected chi connectivity index (χ0v) is 7.91. The molecule has 0 aromatic carbocycles. The van der Waals surface area contributed by atoms with Gasteiger partial charge in [0.25, 0.3) is 0 Å². The summed E-state index contributed by atoms with van der Waals surface area (Å²) < 4.78 is 22.3. The Balaban J connectivity index is 1.83. The largest absolute Gasteiger partial charge is 0.371 e. The molecule has 2 aliphatic heterocycles. The molecule has 2 heterocycles. The van der Waals surface area contributed by atoms with E-state index >= 15 is 0 Å². The summed E-state index contributed by atoms with van der Waals surface area (Å²) >= 11 is 0. The maximum atomic E-state index is 8.36. The Morgan fingerprint density at radius 1 is 1.46 bits per heavy atom. The van der Waals surface area contributed by atoms with Crippen LogP contribution in [0.2, 0.25) is 0 Å². The van der Waals surface area contributed by atoms with Gasteiger partial charge in [0.15, 0.2) is 0 Å². The highest BCUT2D eigenvalue weighted by atomic mass is 16.5. The SMILES string of the molecule is [2H]CC12OC3C4CCCC3C1CC4C2[2H]. The molecule has 5 rings (SSSR count). The molecule has 13 heavy (non-hydrogen) atoms. The van der Waals surface area contributed by atoms with Gasteiger partial charge in [-0.2, -0.15) is 0 Å². The highest BCUT2D eigenvalue weighted by Crippen LogP contribution is 2.65. The van der Waals surface area contributed by atoms with Crippen LogP contribution in [0.5, 0.6) is 0 Å². The summed E-state index contributed by atoms with van der Waals surface area (Å²) in [7, 11) is 0. The molecule has 2 saturated heterocycles. The third-order valence-electron chi connectivity index (χ3n) is 4.99. The van der Waals surface area contributed by atoms with Gasteiger partial charge in [-0.05, 0) is 56.2 Å². The lowest BCUT2D eigenvalue weighted by molar-refractivity contribution is -0.118. The number of ether oxygens (including phenoxy) is 1. The van der Waals surface area contributed by atoms with Crippen LogP contribution in [-0.2, 0) is 4.74 Å². The zero-order chi connectivity index (χ0) is 10.2. The fourth-order valence-electron chi connectivity index (χ4n) is 4.56. The zero-order valence-electron chi connectivity index (χ0n) is 9.91. The average molecular weight is 180 g/mol. The number of hydrogen-bond donors (Lipinski definition) is 0. The van der Waals surface area contributed by atoms with Crippen LogP contribution in [0.4, 0.5) is 0 Å². The van der Waals surface area contributed by atoms with Gasteiger partial charge in [0.05, 0.1) is 11.7 Å². The maximum Gasteiger partial charge on any atom is 0.0693 e. The predicted molar refractivity (Wildman–Crippen MR) is 50.3 cm³/mol. The minimum atomic E-state index is -0.346. The van der Waals surface area contributed by atoms with Crippen molar-refractivity contribution in [2.24, 2.45) is 23.7 Å². The van der Waals surface area contributed by atoms with E-state index in [0.717, 1.165) is 0 Å². The third-order valence-corrected chi connectivity index (χ3v) is 4.99. The van der Waals surface area contributed by atoms with Gasteiger partial charge in [0.1, 0.15) is 0 Å². The van der Waals surface area contributed by atoms with E-state index in [2.05, 4.69) is 0 Å². The standard InChI is InChI=1S/C12H18O/c1-12-6-7-5-10(12)9-4-2-3-8(7)11(9)13-12/h7-11H,2-6H2,1H3/i1D,6D. The molecule has 1 nitrogen and oxygen atoms in total. The van der Waals surface area contributed by atoms with Gasteiger partial charge < -0.3 is 4.74 Å². The van der Waals surface area contributed by atoms with Crippen molar-refractivity contribution >= 4 is 0 Å². The Morgan fingerprint density at radius 2 is 2.38 bits per heavy atom. The van der Waals surface area contributed by atoms with Crippen LogP contribution < -0.4 is 0 Å². The summed E-state index contributed by atoms with van der Waals surface area (Å²) in [6, 6.07) is 0. The van der Waals surface area contributed by atoms with Crippen molar-refractivity contribution in [2.45, 2.75) is 50.7 Å². The van der Waals surface area contributed by atoms with Gasteiger partial charge in [-0.3, -0.25) is 0 Å². The Bertz CT molecular complexity index is 304. The van der Waals surface area contributed by atoms with Crippen LogP contribution >= 0.6 is 0 Å². The van der Waals surface area contributed by atoms with Gasteiger partial charge in [-0.25, -0.2) is 0 Å². The highest BCUT2D eigenvalue weighted by Gasteiger charge is 2.65. The van der Waals surface area contributed by atoms with Crippen molar-refractivity contribution in [3.05, 3.63) is 0 Å². The van der Waals surface area contributed by atoms with E-state index < -0.39 is 0 Å². The van der Waals surface area contributed by atoms with E-state index in [1.807, 2.05) is 0 Å². The normalized spacial score (nSPS) is 75.4. The summed E-state index contributed by atoms with van der Waals surface area (Å²) in [4.78, 5) is 0. The minimum absolute atomic E-state index is 0.0932. The van der Waals surface area contributed by atoms with Crippen LogP contribution in [-0.4, -0.2) is 11.7 Å². The Kier molecular flexibility index (Phi) is 0.874. The van der Waals surface area contributed by atoms with E-state index in [4.69, 9.17) is 7.48 Å². The van der Waals surface area contributed by atoms with Gasteiger partial charge in [-0.15, -0.1) is 0 Å². The molecule has 7 atom stereocenters. The number of rotatable bonds is 0. The molecule has 0 N–H and O–H groups in total. The van der Waals surface area contributed by atoms with E-state index in [1.165, 1.54) is 25.7 Å². The third kappa shape index (κ3) is 0.674. The van der Waals surface area contributed by atoms with Crippen LogP contribution in [0.15, 0.2) is 0 Å². The van der Waals surface area contributed by atoms with Gasteiger partial charge >= 0.3 is 0 Å². The Labute approximate surface area is 82.7 Å². The highest BCUT2D eigenvalue weighted by molar-refractivity contribution is 5.14. The molecule has 6 bridgehead atoms. The lowest BCUT2D eigenvalue weighted by Crippen LogP contribution is -2.42. The monoisotopic (exact) mass is 180 g/mol. The lowest BCUT2D eigenvalue weighted by Gasteiger charge is -2.43. The maximum absolute atomic E-state index is 8.36. The Morgan fingerprint density at radius 3 is 3.31 bits per heavy atom. The quantitative estimate of drug-likeness (QED) is 0.557. The first kappa shape index (κ1) is 5.75. The summed E-state index contributed by atoms with van der Waals surface area (Å²) in [5.41, 5.74) is -0.346. The molecular formula is C12H18O. The first-order valence-corrected chi connectivity index (χ1v) is 5.67. The molecule has 72 valence electrons. The molecule has 0 spiro atoms. The number of hydrogen-bond acceptors (Lipinski definition) is 1. The smallest absolute Gasteiger partial charge is 0.0693 e. The van der Waals surface area contributed by atoms with Crippen molar-refractivity contribution < 1.29 is 7.48 Å². The second-order valence-electron chi connectivity index (χ2n) is 5.47. The molecule has 0 aromatic heterocycles. The fraction of sp³-hybridized carbons (Fsp3) is 1.00. The second-order valence-corrected chi connectivity index (χ2v) is 5.47. The molecule has 0 aromatic rings. The first-order valence-electron chi connectivity index (χ1n) is 6.95. The first-order chi connectivity index (χ1) is 7.28. The summed E-state index contributed by atoms with van der Waals surface area (Å²) in [6.45, 7) is 0.321. The summed E-state index contributed by atoms with van der Waals surface area (Å²) in [5.74, 6) is 2.50. The minimum Gasteiger partial charge on any atom is -0.371 e. The van der Waals surface area contributed by atoms with E-state index in [9.17, 15) is 0 Å². The molecule has 5 aliphatic rings. The molecule has 5 fully saturated rings.